The number of halogens is 3. The summed E-state index contributed by atoms with van der Waals surface area (Å²) in [4.78, 5) is 11.9. The van der Waals surface area contributed by atoms with E-state index >= 15 is 0 Å². The lowest BCUT2D eigenvalue weighted by Crippen LogP contribution is -2.29. The summed E-state index contributed by atoms with van der Waals surface area (Å²) in [5.74, 6) is -0.131. The van der Waals surface area contributed by atoms with Crippen LogP contribution in [0.25, 0.3) is 0 Å². The largest absolute Gasteiger partial charge is 0.348 e. The van der Waals surface area contributed by atoms with Gasteiger partial charge in [-0.05, 0) is 31.2 Å². The van der Waals surface area contributed by atoms with E-state index in [1.165, 1.54) is 5.57 Å². The van der Waals surface area contributed by atoms with Crippen molar-refractivity contribution in [1.29, 1.82) is 0 Å². The first kappa shape index (κ1) is 16.3. The Bertz CT molecular complexity index is 489. The maximum atomic E-state index is 11.9. The monoisotopic (exact) mass is 320 g/mol. The minimum Gasteiger partial charge on any atom is -0.348 e. The zero-order valence-corrected chi connectivity index (χ0v) is 12.5. The number of hydrogen-bond acceptors (Lipinski definition) is 2. The first-order valence-electron chi connectivity index (χ1n) is 5.78. The molecule has 1 aliphatic heterocycles. The molecule has 19 heavy (non-hydrogen) atoms. The molecule has 0 saturated carbocycles. The number of carbonyl (C=O) groups is 1. The lowest BCUT2D eigenvalue weighted by atomic mass is 10.1. The van der Waals surface area contributed by atoms with Crippen LogP contribution >= 0.6 is 35.6 Å². The summed E-state index contributed by atoms with van der Waals surface area (Å²) in [6, 6.07) is 4.87. The second-order valence-corrected chi connectivity index (χ2v) is 4.94. The van der Waals surface area contributed by atoms with Crippen molar-refractivity contribution in [3.8, 4) is 0 Å². The van der Waals surface area contributed by atoms with Crippen molar-refractivity contribution in [3.63, 3.8) is 0 Å². The quantitative estimate of drug-likeness (QED) is 0.840. The molecule has 0 spiro atoms. The van der Waals surface area contributed by atoms with E-state index < -0.39 is 0 Å². The van der Waals surface area contributed by atoms with Gasteiger partial charge in [0.25, 0.3) is 5.91 Å². The van der Waals surface area contributed by atoms with Crippen molar-refractivity contribution in [2.24, 2.45) is 0 Å². The van der Waals surface area contributed by atoms with Gasteiger partial charge in [0.2, 0.25) is 0 Å². The summed E-state index contributed by atoms with van der Waals surface area (Å²) in [6.07, 6.45) is 3.08. The molecule has 2 N–H and O–H groups in total. The third-order valence-electron chi connectivity index (χ3n) is 2.82. The second-order valence-electron chi connectivity index (χ2n) is 4.13. The van der Waals surface area contributed by atoms with Crippen molar-refractivity contribution in [2.75, 3.05) is 19.6 Å². The summed E-state index contributed by atoms with van der Waals surface area (Å²) >= 11 is 11.7. The molecular weight excluding hydrogens is 307 g/mol. The fourth-order valence-corrected chi connectivity index (χ4v) is 2.06. The van der Waals surface area contributed by atoms with Gasteiger partial charge in [0.05, 0.1) is 10.0 Å². The Morgan fingerprint density at radius 2 is 2.11 bits per heavy atom. The molecule has 0 aliphatic carbocycles. The molecule has 0 bridgehead atoms. The van der Waals surface area contributed by atoms with Crippen LogP contribution in [0.5, 0.6) is 0 Å². The molecule has 1 aromatic carbocycles. The van der Waals surface area contributed by atoms with Crippen molar-refractivity contribution in [2.45, 2.75) is 6.42 Å². The molecule has 0 radical (unpaired) electrons. The van der Waals surface area contributed by atoms with Gasteiger partial charge in [-0.1, -0.05) is 34.9 Å². The third-order valence-corrected chi connectivity index (χ3v) is 3.55. The molecule has 0 saturated heterocycles. The van der Waals surface area contributed by atoms with E-state index in [9.17, 15) is 4.79 Å². The molecule has 6 heteroatoms. The van der Waals surface area contributed by atoms with Crippen LogP contribution in [0.15, 0.2) is 29.8 Å². The van der Waals surface area contributed by atoms with Crippen molar-refractivity contribution in [3.05, 3.63) is 45.5 Å². The van der Waals surface area contributed by atoms with Gasteiger partial charge in [-0.3, -0.25) is 4.79 Å². The van der Waals surface area contributed by atoms with Crippen LogP contribution in [0.1, 0.15) is 16.8 Å². The smallest absolute Gasteiger partial charge is 0.251 e. The fraction of sp³-hybridized carbons (Fsp3) is 0.308. The number of amides is 1. The van der Waals surface area contributed by atoms with E-state index in [0.29, 0.717) is 22.2 Å². The molecule has 0 unspecified atom stereocenters. The van der Waals surface area contributed by atoms with Crippen LogP contribution in [-0.4, -0.2) is 25.5 Å². The Labute approximate surface area is 128 Å². The van der Waals surface area contributed by atoms with E-state index in [1.54, 1.807) is 18.2 Å². The molecule has 1 heterocycles. The molecule has 2 rings (SSSR count). The number of carbonyl (C=O) groups excluding carboxylic acids is 1. The molecule has 0 aromatic heterocycles. The van der Waals surface area contributed by atoms with Gasteiger partial charge in [-0.2, -0.15) is 0 Å². The van der Waals surface area contributed by atoms with Gasteiger partial charge in [0, 0.05) is 18.7 Å². The summed E-state index contributed by atoms with van der Waals surface area (Å²) in [5.41, 5.74) is 1.78. The van der Waals surface area contributed by atoms with Crippen LogP contribution in [0, 0.1) is 0 Å². The van der Waals surface area contributed by atoms with Gasteiger partial charge in [-0.25, -0.2) is 0 Å². The standard InChI is InChI=1S/C13H14Cl2N2O.ClH/c14-11-2-1-10(7-12(11)15)13(18)17-8-9-3-5-16-6-4-9;/h1-3,7,16H,4-6,8H2,(H,17,18);1H. The average Bonchev–Trinajstić information content (AvgIpc) is 2.40. The van der Waals surface area contributed by atoms with Crippen LogP contribution in [0.3, 0.4) is 0 Å². The molecule has 3 nitrogen and oxygen atoms in total. The van der Waals surface area contributed by atoms with Crippen LogP contribution in [-0.2, 0) is 0 Å². The highest BCUT2D eigenvalue weighted by Crippen LogP contribution is 2.22. The maximum absolute atomic E-state index is 11.9. The maximum Gasteiger partial charge on any atom is 0.251 e. The fourth-order valence-electron chi connectivity index (χ4n) is 1.76. The van der Waals surface area contributed by atoms with Gasteiger partial charge >= 0.3 is 0 Å². The molecule has 0 atom stereocenters. The second kappa shape index (κ2) is 7.75. The minimum absolute atomic E-state index is 0. The highest BCUT2D eigenvalue weighted by molar-refractivity contribution is 6.42. The Morgan fingerprint density at radius 1 is 1.32 bits per heavy atom. The first-order valence-corrected chi connectivity index (χ1v) is 6.54. The number of rotatable bonds is 3. The Hall–Kier alpha value is -0.740. The summed E-state index contributed by atoms with van der Waals surface area (Å²) in [7, 11) is 0. The summed E-state index contributed by atoms with van der Waals surface area (Å²) < 4.78 is 0. The van der Waals surface area contributed by atoms with E-state index in [0.717, 1.165) is 19.5 Å². The van der Waals surface area contributed by atoms with E-state index in [4.69, 9.17) is 23.2 Å². The SMILES string of the molecule is Cl.O=C(NCC1=CCNCC1)c1ccc(Cl)c(Cl)c1. The molecule has 0 fully saturated rings. The highest BCUT2D eigenvalue weighted by Gasteiger charge is 2.09. The zero-order chi connectivity index (χ0) is 13.0. The van der Waals surface area contributed by atoms with E-state index in [2.05, 4.69) is 16.7 Å². The topological polar surface area (TPSA) is 41.1 Å². The first-order chi connectivity index (χ1) is 8.66. The van der Waals surface area contributed by atoms with Crippen LogP contribution in [0.2, 0.25) is 10.0 Å². The van der Waals surface area contributed by atoms with E-state index in [1.807, 2.05) is 0 Å². The van der Waals surface area contributed by atoms with Crippen LogP contribution < -0.4 is 10.6 Å². The minimum atomic E-state index is -0.131. The molecule has 1 amide bonds. The van der Waals surface area contributed by atoms with Gasteiger partial charge in [-0.15, -0.1) is 12.4 Å². The molecule has 1 aliphatic rings. The molecule has 104 valence electrons. The molecular formula is C13H15Cl3N2O. The average molecular weight is 322 g/mol. The van der Waals surface area contributed by atoms with Gasteiger partial charge in [0.1, 0.15) is 0 Å². The van der Waals surface area contributed by atoms with Crippen molar-refractivity contribution >= 4 is 41.5 Å². The van der Waals surface area contributed by atoms with Gasteiger partial charge in [0.15, 0.2) is 0 Å². The summed E-state index contributed by atoms with van der Waals surface area (Å²) in [6.45, 7) is 2.42. The number of benzene rings is 1. The van der Waals surface area contributed by atoms with Crippen LogP contribution in [0.4, 0.5) is 0 Å². The lowest BCUT2D eigenvalue weighted by molar-refractivity contribution is 0.0956. The predicted molar refractivity (Wildman–Crippen MR) is 81.6 cm³/mol. The number of hydrogen-bond donors (Lipinski definition) is 2. The molecule has 1 aromatic rings. The van der Waals surface area contributed by atoms with Crippen molar-refractivity contribution < 1.29 is 4.79 Å². The van der Waals surface area contributed by atoms with E-state index in [-0.39, 0.29) is 18.3 Å². The summed E-state index contributed by atoms with van der Waals surface area (Å²) in [5, 5.41) is 6.95. The van der Waals surface area contributed by atoms with Crippen molar-refractivity contribution in [1.82, 2.24) is 10.6 Å². The normalized spacial score (nSPS) is 14.3. The zero-order valence-electron chi connectivity index (χ0n) is 10.2. The lowest BCUT2D eigenvalue weighted by Gasteiger charge is -2.14. The number of nitrogens with one attached hydrogen (secondary N) is 2. The highest BCUT2D eigenvalue weighted by atomic mass is 35.5. The third kappa shape index (κ3) is 4.69. The predicted octanol–water partition coefficient (Wildman–Crippen LogP) is 3.06. The Balaban J connectivity index is 0.00000180. The van der Waals surface area contributed by atoms with Gasteiger partial charge < -0.3 is 10.6 Å². The Morgan fingerprint density at radius 3 is 2.74 bits per heavy atom. The Kier molecular flexibility index (Phi) is 6.66.